The topological polar surface area (TPSA) is 95.8 Å². The van der Waals surface area contributed by atoms with Crippen LogP contribution in [-0.2, 0) is 19.0 Å². The number of hydrogen-bond acceptors (Lipinski definition) is 8. The average molecular weight is 581 g/mol. The van der Waals surface area contributed by atoms with E-state index in [4.69, 9.17) is 14.3 Å². The Balaban J connectivity index is 0.00000199. The molecule has 0 bridgehead atoms. The molecule has 8 nitrogen and oxygen atoms in total. The number of oxime groups is 1. The molecule has 186 valence electrons. The van der Waals surface area contributed by atoms with Crippen LogP contribution >= 0.6 is 0 Å². The molecule has 2 unspecified atom stereocenters. The second-order valence-corrected chi connectivity index (χ2v) is 14.2. The number of methoxy groups -OCH3 is 1. The molecule has 3 rings (SSSR count). The van der Waals surface area contributed by atoms with Crippen molar-refractivity contribution >= 4 is 47.6 Å². The van der Waals surface area contributed by atoms with Gasteiger partial charge in [0.15, 0.2) is 0 Å². The van der Waals surface area contributed by atoms with Gasteiger partial charge in [0.1, 0.15) is 0 Å². The molecule has 34 heavy (non-hydrogen) atoms. The molecule has 0 saturated heterocycles. The van der Waals surface area contributed by atoms with Crippen LogP contribution in [0.2, 0.25) is 9.74 Å². The summed E-state index contributed by atoms with van der Waals surface area (Å²) < 4.78 is 16.7. The number of allylic oxidation sites excluding steroid dienone is 1. The molecule has 0 aliphatic carbocycles. The van der Waals surface area contributed by atoms with E-state index >= 15 is 0 Å². The second-order valence-electron chi connectivity index (χ2n) is 7.71. The third-order valence-electron chi connectivity index (χ3n) is 5.37. The third-order valence-corrected chi connectivity index (χ3v) is 9.18. The second kappa shape index (κ2) is 12.9. The number of rotatable bonds is 8. The minimum Gasteiger partial charge on any atom is 0.0843 e. The minimum absolute atomic E-state index is 0.175. The summed E-state index contributed by atoms with van der Waals surface area (Å²) in [5.74, 6) is 0.229. The Hall–Kier alpha value is -2.34. The van der Waals surface area contributed by atoms with E-state index in [0.717, 1.165) is 23.3 Å². The van der Waals surface area contributed by atoms with E-state index in [2.05, 4.69) is 30.7 Å². The molecule has 0 amide bonds. The first-order chi connectivity index (χ1) is 16.3. The molecule has 0 spiro atoms. The number of ether oxygens (including phenoxy) is 3. The van der Waals surface area contributed by atoms with E-state index in [1.165, 1.54) is 10.6 Å². The molecule has 0 aromatic heterocycles. The molecular formula is C25H35N2O6Sb. The quantitative estimate of drug-likeness (QED) is 0.194. The molecule has 0 radical (unpaired) electrons. The summed E-state index contributed by atoms with van der Waals surface area (Å²) in [6.07, 6.45) is 1.16. The van der Waals surface area contributed by atoms with Gasteiger partial charge in [-0.15, -0.1) is 0 Å². The first-order valence-corrected chi connectivity index (χ1v) is 17.9. The van der Waals surface area contributed by atoms with Crippen LogP contribution < -0.4 is 3.51 Å². The van der Waals surface area contributed by atoms with E-state index < -0.39 is 32.7 Å². The molecule has 0 saturated carbocycles. The van der Waals surface area contributed by atoms with Crippen molar-refractivity contribution in [3.8, 4) is 0 Å². The predicted molar refractivity (Wildman–Crippen MR) is 135 cm³/mol. The van der Waals surface area contributed by atoms with Crippen molar-refractivity contribution in [2.45, 2.75) is 69.5 Å². The normalized spacial score (nSPS) is 17.6. The van der Waals surface area contributed by atoms with Gasteiger partial charge in [-0.2, -0.15) is 0 Å². The number of carbonyl (C=O) groups excluding carboxylic acids is 2. The zero-order valence-electron chi connectivity index (χ0n) is 21.3. The van der Waals surface area contributed by atoms with Crippen molar-refractivity contribution in [3.05, 3.63) is 40.2 Å². The molecule has 2 atom stereocenters. The fourth-order valence-corrected chi connectivity index (χ4v) is 6.96. The van der Waals surface area contributed by atoms with Crippen molar-refractivity contribution in [3.63, 3.8) is 0 Å². The Morgan fingerprint density at radius 1 is 1.26 bits per heavy atom. The minimum atomic E-state index is -1.63. The molecular weight excluding hydrogens is 546 g/mol. The summed E-state index contributed by atoms with van der Waals surface area (Å²) >= 11 is -1.63. The van der Waals surface area contributed by atoms with E-state index in [9.17, 15) is 9.59 Å². The van der Waals surface area contributed by atoms with Gasteiger partial charge < -0.3 is 0 Å². The molecule has 0 N–H and O–H groups in total. The summed E-state index contributed by atoms with van der Waals surface area (Å²) in [6, 6.07) is 3.64. The van der Waals surface area contributed by atoms with Crippen molar-refractivity contribution in [2.75, 3.05) is 13.7 Å². The molecule has 2 heterocycles. The number of nitrogens with zero attached hydrogens (tertiary/aromatic N) is 2. The van der Waals surface area contributed by atoms with Crippen molar-refractivity contribution < 1.29 is 28.6 Å². The van der Waals surface area contributed by atoms with Crippen molar-refractivity contribution in [2.24, 2.45) is 10.1 Å². The van der Waals surface area contributed by atoms with Gasteiger partial charge in [0.05, 0.1) is 7.11 Å². The molecule has 2 aliphatic rings. The number of Topliss-reactive ketones (excluding diaryl/α,β-unsaturated/α-hetero) is 1. The Labute approximate surface area is 209 Å². The van der Waals surface area contributed by atoms with E-state index in [1.807, 2.05) is 33.8 Å². The number of carbonyl (C=O) groups is 2. The maximum atomic E-state index is 13.6. The van der Waals surface area contributed by atoms with Gasteiger partial charge in [0.2, 0.25) is 0 Å². The molecule has 0 fully saturated rings. The van der Waals surface area contributed by atoms with Gasteiger partial charge in [0.25, 0.3) is 0 Å². The summed E-state index contributed by atoms with van der Waals surface area (Å²) in [4.78, 5) is 39.3. The zero-order chi connectivity index (χ0) is 25.4. The van der Waals surface area contributed by atoms with Crippen molar-refractivity contribution in [1.82, 2.24) is 0 Å². The summed E-state index contributed by atoms with van der Waals surface area (Å²) in [6.45, 7) is 10.0. The predicted octanol–water partition coefficient (Wildman–Crippen LogP) is 4.55. The van der Waals surface area contributed by atoms with Gasteiger partial charge in [-0.05, 0) is 0 Å². The van der Waals surface area contributed by atoms with Crippen LogP contribution in [0.5, 0.6) is 0 Å². The van der Waals surface area contributed by atoms with E-state index in [0.29, 0.717) is 29.9 Å². The number of aliphatic imine (C=N–C) groups is 1. The SMILES string of the molecule is CC.CCC1N=CC(C(=O)c2cc[c]([Sb]([CH3])[CH3])c(C3=NOCC3)c2C)=C1OC(C)OC(=O)OC. The van der Waals surface area contributed by atoms with Crippen LogP contribution in [0, 0.1) is 6.92 Å². The Morgan fingerprint density at radius 2 is 1.97 bits per heavy atom. The van der Waals surface area contributed by atoms with E-state index in [-0.39, 0.29) is 11.8 Å². The Morgan fingerprint density at radius 3 is 2.53 bits per heavy atom. The zero-order valence-corrected chi connectivity index (χ0v) is 23.9. The summed E-state index contributed by atoms with van der Waals surface area (Å²) in [7, 11) is 1.22. The van der Waals surface area contributed by atoms with Crippen LogP contribution in [0.4, 0.5) is 4.79 Å². The third kappa shape index (κ3) is 6.20. The van der Waals surface area contributed by atoms with Gasteiger partial charge >= 0.3 is 189 Å². The van der Waals surface area contributed by atoms with Crippen LogP contribution in [0.3, 0.4) is 0 Å². The van der Waals surface area contributed by atoms with Gasteiger partial charge in [-0.3, -0.25) is 0 Å². The van der Waals surface area contributed by atoms with E-state index in [1.54, 1.807) is 13.1 Å². The van der Waals surface area contributed by atoms with Gasteiger partial charge in [-0.25, -0.2) is 0 Å². The molecule has 1 aromatic carbocycles. The molecule has 2 aliphatic heterocycles. The van der Waals surface area contributed by atoms with Crippen LogP contribution in [-0.4, -0.2) is 70.1 Å². The smallest absolute Gasteiger partial charge is 0.0843 e. The standard InChI is InChI=1S/C21H23N2O6.C2H6.2CH3.Sb/c1-5-17-20(28-13(3)29-21(25)26-4)16(11-22-17)19(24)15-8-6-7-14(12(15)2)18-9-10-27-23-18;1-2;;;/h6,8,11,13,17H,5,9-10H2,1-4H3;1-2H3;2*1H3;. The fourth-order valence-electron chi connectivity index (χ4n) is 3.77. The molecule has 9 heteroatoms. The summed E-state index contributed by atoms with van der Waals surface area (Å²) in [5, 5.41) is 4.23. The van der Waals surface area contributed by atoms with Gasteiger partial charge in [0, 0.05) is 0 Å². The van der Waals surface area contributed by atoms with Crippen LogP contribution in [0.1, 0.15) is 62.0 Å². The average Bonchev–Trinajstić information content (AvgIpc) is 3.49. The molecule has 1 aromatic rings. The number of benzene rings is 1. The van der Waals surface area contributed by atoms with Gasteiger partial charge in [-0.1, -0.05) is 13.8 Å². The van der Waals surface area contributed by atoms with Crippen molar-refractivity contribution in [1.29, 1.82) is 0 Å². The first-order valence-electron chi connectivity index (χ1n) is 11.5. The number of ketones is 1. The summed E-state index contributed by atoms with van der Waals surface area (Å²) in [5.41, 5.74) is 3.81. The Kier molecular flexibility index (Phi) is 10.6. The monoisotopic (exact) mass is 580 g/mol. The van der Waals surface area contributed by atoms with Crippen LogP contribution in [0.15, 0.2) is 33.6 Å². The fraction of sp³-hybridized carbons (Fsp3) is 0.520. The van der Waals surface area contributed by atoms with Crippen LogP contribution in [0.25, 0.3) is 0 Å². The first kappa shape index (κ1) is 27.9. The Bertz CT molecular complexity index is 999. The maximum absolute atomic E-state index is 13.6. The number of hydrogen-bond donors (Lipinski definition) is 0.